The van der Waals surface area contributed by atoms with Crippen LogP contribution in [0.2, 0.25) is 5.02 Å². The van der Waals surface area contributed by atoms with Crippen molar-refractivity contribution >= 4 is 55.5 Å². The Kier molecular flexibility index (Phi) is 12.8. The molecule has 6 aromatic rings. The van der Waals surface area contributed by atoms with E-state index >= 15 is 0 Å². The summed E-state index contributed by atoms with van der Waals surface area (Å²) < 4.78 is 115. The molecule has 0 radical (unpaired) electrons. The number of fused-ring (bicyclic) bond motifs is 2. The molecule has 21 heteroatoms. The van der Waals surface area contributed by atoms with Gasteiger partial charge in [0.1, 0.15) is 28.8 Å². The fraction of sp³-hybridized carbons (Fsp3) is 0.325. The van der Waals surface area contributed by atoms with Crippen molar-refractivity contribution in [3.8, 4) is 17.3 Å². The van der Waals surface area contributed by atoms with E-state index in [9.17, 15) is 40.0 Å². The number of hydrogen-bond acceptors (Lipinski definition) is 10. The molecule has 0 aliphatic rings. The molecule has 6 rings (SSSR count). The highest BCUT2D eigenvalue weighted by molar-refractivity contribution is 7.92. The summed E-state index contributed by atoms with van der Waals surface area (Å²) in [5.41, 5.74) is -1.32. The number of pyridine rings is 1. The minimum Gasteiger partial charge on any atom is -0.497 e. The maximum Gasteiger partial charge on any atom is 0.408 e. The Bertz CT molecular complexity index is 2760. The number of carbonyl (C=O) groups excluding carboxylic acids is 1. The zero-order valence-corrected chi connectivity index (χ0v) is 34.8. The van der Waals surface area contributed by atoms with Gasteiger partial charge in [-0.3, -0.25) is 18.8 Å². The fourth-order valence-electron chi connectivity index (χ4n) is 6.36. The van der Waals surface area contributed by atoms with Gasteiger partial charge in [0, 0.05) is 25.6 Å². The van der Waals surface area contributed by atoms with Crippen LogP contribution in [0.3, 0.4) is 0 Å². The second kappa shape index (κ2) is 17.5. The zero-order valence-electron chi connectivity index (χ0n) is 33.2. The number of halogens is 6. The Balaban J connectivity index is 1.52. The van der Waals surface area contributed by atoms with E-state index in [0.717, 1.165) is 22.3 Å². The molecule has 0 fully saturated rings. The number of alkyl halides is 3. The van der Waals surface area contributed by atoms with E-state index in [1.54, 1.807) is 45.0 Å². The van der Waals surface area contributed by atoms with Crippen molar-refractivity contribution in [3.05, 3.63) is 111 Å². The van der Waals surface area contributed by atoms with Gasteiger partial charge in [-0.2, -0.15) is 23.3 Å². The minimum absolute atomic E-state index is 0.0133. The van der Waals surface area contributed by atoms with Crippen LogP contribution in [0.1, 0.15) is 50.2 Å². The number of amides is 1. The standard InChI is InChI=1S/C40H39ClF5N7O7S/c1-39(2,3)60-38(55)47-29(20-23-18-24(42)21-25(43)19-23)36-49-34-27(10-13-31(48-34)59-16-15-40(44,45)46)37(54)53(36)30-12-11-28(41)32-33(30)52(4)50-35(32)51-61(56,57)17-14-22-6-8-26(58-5)9-7-22/h6-13,18-19,21,29H,14-17,20H2,1-5H3,(H,47,55)(H,50,51)/t29-/m0/s1. The predicted octanol–water partition coefficient (Wildman–Crippen LogP) is 7.73. The number of alkyl carbamates (subject to hydrolysis) is 1. The third-order valence-electron chi connectivity index (χ3n) is 8.96. The lowest BCUT2D eigenvalue weighted by atomic mass is 10.0. The molecule has 14 nitrogen and oxygen atoms in total. The number of rotatable bonds is 14. The molecule has 324 valence electrons. The van der Waals surface area contributed by atoms with E-state index in [1.807, 2.05) is 0 Å². The van der Waals surface area contributed by atoms with Crippen LogP contribution in [0.15, 0.2) is 71.5 Å². The topological polar surface area (TPSA) is 169 Å². The largest absolute Gasteiger partial charge is 0.497 e. The maximum absolute atomic E-state index is 14.8. The van der Waals surface area contributed by atoms with Crippen LogP contribution in [-0.2, 0) is 34.6 Å². The van der Waals surface area contributed by atoms with Crippen molar-refractivity contribution in [2.45, 2.75) is 57.9 Å². The lowest BCUT2D eigenvalue weighted by Crippen LogP contribution is -2.39. The van der Waals surface area contributed by atoms with Crippen LogP contribution in [0.25, 0.3) is 27.6 Å². The van der Waals surface area contributed by atoms with Crippen molar-refractivity contribution < 1.29 is 49.4 Å². The van der Waals surface area contributed by atoms with E-state index in [1.165, 1.54) is 43.1 Å². The number of sulfonamides is 1. The molecule has 0 saturated carbocycles. The Morgan fingerprint density at radius 2 is 1.64 bits per heavy atom. The highest BCUT2D eigenvalue weighted by Crippen LogP contribution is 2.36. The highest BCUT2D eigenvalue weighted by Gasteiger charge is 2.30. The monoisotopic (exact) mass is 891 g/mol. The van der Waals surface area contributed by atoms with Crippen molar-refractivity contribution in [1.82, 2.24) is 29.6 Å². The molecule has 0 bridgehead atoms. The molecular weight excluding hydrogens is 853 g/mol. The number of aromatic nitrogens is 5. The van der Waals surface area contributed by atoms with Crippen molar-refractivity contribution in [2.75, 3.05) is 24.2 Å². The van der Waals surface area contributed by atoms with E-state index in [0.29, 0.717) is 11.8 Å². The normalized spacial score (nSPS) is 12.7. The van der Waals surface area contributed by atoms with Gasteiger partial charge in [0.15, 0.2) is 11.5 Å². The molecule has 2 N–H and O–H groups in total. The molecule has 1 atom stereocenters. The third kappa shape index (κ3) is 11.0. The first-order chi connectivity index (χ1) is 28.6. The first kappa shape index (κ1) is 44.5. The average molecular weight is 892 g/mol. The molecule has 0 aliphatic heterocycles. The number of benzene rings is 3. The molecule has 3 aromatic carbocycles. The van der Waals surface area contributed by atoms with Gasteiger partial charge in [-0.05, 0) is 80.8 Å². The predicted molar refractivity (Wildman–Crippen MR) is 217 cm³/mol. The summed E-state index contributed by atoms with van der Waals surface area (Å²) in [5, 5.41) is 6.98. The highest BCUT2D eigenvalue weighted by atomic mass is 35.5. The van der Waals surface area contributed by atoms with Gasteiger partial charge in [-0.15, -0.1) is 0 Å². The molecule has 0 saturated heterocycles. The zero-order chi connectivity index (χ0) is 44.4. The number of anilines is 1. The van der Waals surface area contributed by atoms with Gasteiger partial charge >= 0.3 is 12.3 Å². The van der Waals surface area contributed by atoms with Crippen LogP contribution in [0.4, 0.5) is 32.6 Å². The Morgan fingerprint density at radius 3 is 2.28 bits per heavy atom. The van der Waals surface area contributed by atoms with E-state index in [4.69, 9.17) is 25.8 Å². The van der Waals surface area contributed by atoms with Gasteiger partial charge in [0.05, 0.1) is 58.9 Å². The summed E-state index contributed by atoms with van der Waals surface area (Å²) in [6, 6.07) is 13.3. The van der Waals surface area contributed by atoms with Crippen LogP contribution < -0.4 is 25.1 Å². The van der Waals surface area contributed by atoms with Crippen LogP contribution >= 0.6 is 11.6 Å². The first-order valence-electron chi connectivity index (χ1n) is 18.5. The smallest absolute Gasteiger partial charge is 0.408 e. The molecule has 3 aromatic heterocycles. The van der Waals surface area contributed by atoms with Crippen molar-refractivity contribution in [1.29, 1.82) is 0 Å². The lowest BCUT2D eigenvalue weighted by molar-refractivity contribution is -0.139. The molecule has 0 spiro atoms. The van der Waals surface area contributed by atoms with Crippen LogP contribution in [-0.4, -0.2) is 70.1 Å². The quantitative estimate of drug-likeness (QED) is 0.103. The first-order valence-corrected chi connectivity index (χ1v) is 20.5. The number of nitrogens with zero attached hydrogens (tertiary/aromatic N) is 5. The summed E-state index contributed by atoms with van der Waals surface area (Å²) in [6.07, 6.45) is -7.10. The number of aryl methyl sites for hydroxylation is 2. The van der Waals surface area contributed by atoms with Crippen molar-refractivity contribution in [2.24, 2.45) is 7.05 Å². The number of carbonyl (C=O) groups is 1. The van der Waals surface area contributed by atoms with Gasteiger partial charge < -0.3 is 19.5 Å². The Hall–Kier alpha value is -6.02. The summed E-state index contributed by atoms with van der Waals surface area (Å²) in [6.45, 7) is 3.98. The summed E-state index contributed by atoms with van der Waals surface area (Å²) in [7, 11) is -1.09. The van der Waals surface area contributed by atoms with E-state index in [-0.39, 0.29) is 67.9 Å². The number of hydrogen-bond donors (Lipinski definition) is 2. The van der Waals surface area contributed by atoms with E-state index in [2.05, 4.69) is 25.1 Å². The maximum atomic E-state index is 14.8. The summed E-state index contributed by atoms with van der Waals surface area (Å²) >= 11 is 6.72. The fourth-order valence-corrected chi connectivity index (χ4v) is 7.64. The van der Waals surface area contributed by atoms with Gasteiger partial charge in [0.25, 0.3) is 5.56 Å². The number of ether oxygens (including phenoxy) is 3. The Labute approximate surface area is 350 Å². The van der Waals surface area contributed by atoms with Crippen molar-refractivity contribution in [3.63, 3.8) is 0 Å². The van der Waals surface area contributed by atoms with Gasteiger partial charge in [0.2, 0.25) is 15.9 Å². The SMILES string of the molecule is COc1ccc(CCS(=O)(=O)Nc2nn(C)c3c(-n4c([C@H](Cc5cc(F)cc(F)c5)NC(=O)OC(C)(C)C)nc5nc(OCCC(F)(F)F)ccc5c4=O)ccc(Cl)c23)cc1. The summed E-state index contributed by atoms with van der Waals surface area (Å²) in [5.74, 6) is -2.40. The van der Waals surface area contributed by atoms with Gasteiger partial charge in [-0.1, -0.05) is 23.7 Å². The van der Waals surface area contributed by atoms with Crippen LogP contribution in [0, 0.1) is 11.6 Å². The van der Waals surface area contributed by atoms with E-state index < -0.39 is 70.6 Å². The molecule has 1 amide bonds. The number of methoxy groups -OCH3 is 1. The molecule has 3 heterocycles. The second-order valence-corrected chi connectivity index (χ2v) is 17.1. The molecule has 0 unspecified atom stereocenters. The van der Waals surface area contributed by atoms with Gasteiger partial charge in [-0.25, -0.2) is 27.0 Å². The Morgan fingerprint density at radius 1 is 0.951 bits per heavy atom. The second-order valence-electron chi connectivity index (χ2n) is 14.8. The number of nitrogens with one attached hydrogen (secondary N) is 2. The third-order valence-corrected chi connectivity index (χ3v) is 10.5. The summed E-state index contributed by atoms with van der Waals surface area (Å²) in [4.78, 5) is 37.0. The molecular formula is C40H39ClF5N7O7S. The minimum atomic E-state index is -4.53. The lowest BCUT2D eigenvalue weighted by Gasteiger charge is -2.26. The average Bonchev–Trinajstić information content (AvgIpc) is 3.47. The van der Waals surface area contributed by atoms with Crippen LogP contribution in [0.5, 0.6) is 11.6 Å². The molecule has 61 heavy (non-hydrogen) atoms. The molecule has 0 aliphatic carbocycles.